The van der Waals surface area contributed by atoms with Crippen LogP contribution in [0, 0.1) is 0 Å². The molecule has 0 aromatic rings. The van der Waals surface area contributed by atoms with Crippen LogP contribution in [0.5, 0.6) is 0 Å². The Balaban J connectivity index is 3.40. The van der Waals surface area contributed by atoms with E-state index in [9.17, 15) is 4.57 Å². The van der Waals surface area contributed by atoms with Gasteiger partial charge in [0.2, 0.25) is 0 Å². The molecule has 0 bridgehead atoms. The number of unbranched alkanes of at least 4 members (excludes halogenated alkanes) is 3. The van der Waals surface area contributed by atoms with E-state index in [1.54, 1.807) is 0 Å². The van der Waals surface area contributed by atoms with E-state index in [0.717, 1.165) is 19.3 Å². The van der Waals surface area contributed by atoms with Gasteiger partial charge in [0.1, 0.15) is 0 Å². The normalized spacial score (nSPS) is 15.4. The number of hydrogen-bond acceptors (Lipinski definition) is 3. The highest BCUT2D eigenvalue weighted by Gasteiger charge is 2.19. The maximum atomic E-state index is 11.3. The first-order valence-electron chi connectivity index (χ1n) is 5.21. The third-order valence-electron chi connectivity index (χ3n) is 1.69. The van der Waals surface area contributed by atoms with E-state index in [1.165, 1.54) is 12.8 Å². The van der Waals surface area contributed by atoms with Crippen LogP contribution in [0.1, 0.15) is 46.0 Å². The van der Waals surface area contributed by atoms with Gasteiger partial charge in [-0.3, -0.25) is 9.05 Å². The summed E-state index contributed by atoms with van der Waals surface area (Å²) in [4.78, 5) is 0. The summed E-state index contributed by atoms with van der Waals surface area (Å²) < 4.78 is 21.2. The van der Waals surface area contributed by atoms with E-state index in [2.05, 4.69) is 6.92 Å². The highest BCUT2D eigenvalue weighted by atomic mass is 35.7. The molecule has 0 fully saturated rings. The average Bonchev–Trinajstić information content (AvgIpc) is 2.15. The zero-order chi connectivity index (χ0) is 10.9. The molecule has 3 nitrogen and oxygen atoms in total. The molecule has 0 saturated carbocycles. The lowest BCUT2D eigenvalue weighted by Gasteiger charge is -2.10. The molecule has 0 saturated heterocycles. The van der Waals surface area contributed by atoms with Crippen LogP contribution in [0.4, 0.5) is 0 Å². The maximum Gasteiger partial charge on any atom is 0.424 e. The van der Waals surface area contributed by atoms with Gasteiger partial charge < -0.3 is 0 Å². The quantitative estimate of drug-likeness (QED) is 0.445. The number of hydrogen-bond donors (Lipinski definition) is 0. The predicted molar refractivity (Wildman–Crippen MR) is 59.8 cm³/mol. The van der Waals surface area contributed by atoms with Crippen LogP contribution in [-0.2, 0) is 13.6 Å². The standard InChI is InChI=1S/C9H20ClO3P/c1-3-5-6-7-9-13-14(10,11)12-8-4-2/h3-9H2,1-2H3. The van der Waals surface area contributed by atoms with Gasteiger partial charge >= 0.3 is 6.95 Å². The Hall–Kier alpha value is 0.440. The van der Waals surface area contributed by atoms with Crippen molar-refractivity contribution in [2.24, 2.45) is 0 Å². The Bertz CT molecular complexity index is 175. The molecule has 0 radical (unpaired) electrons. The Morgan fingerprint density at radius 1 is 1.00 bits per heavy atom. The first kappa shape index (κ1) is 14.4. The minimum atomic E-state index is -3.29. The number of halogens is 1. The van der Waals surface area contributed by atoms with Gasteiger partial charge in [-0.05, 0) is 12.8 Å². The van der Waals surface area contributed by atoms with Crippen LogP contribution in [0.3, 0.4) is 0 Å². The van der Waals surface area contributed by atoms with Crippen molar-refractivity contribution < 1.29 is 13.6 Å². The summed E-state index contributed by atoms with van der Waals surface area (Å²) in [6.07, 6.45) is 5.10. The molecule has 14 heavy (non-hydrogen) atoms. The molecule has 0 aliphatic rings. The van der Waals surface area contributed by atoms with Crippen LogP contribution in [0.15, 0.2) is 0 Å². The zero-order valence-electron chi connectivity index (χ0n) is 9.00. The van der Waals surface area contributed by atoms with Crippen LogP contribution >= 0.6 is 18.2 Å². The molecule has 5 heteroatoms. The van der Waals surface area contributed by atoms with Gasteiger partial charge in [-0.25, -0.2) is 4.57 Å². The summed E-state index contributed by atoms with van der Waals surface area (Å²) >= 11 is 5.54. The summed E-state index contributed by atoms with van der Waals surface area (Å²) in [5, 5.41) is 0. The molecule has 0 N–H and O–H groups in total. The number of rotatable bonds is 9. The van der Waals surface area contributed by atoms with E-state index in [0.29, 0.717) is 13.2 Å². The Morgan fingerprint density at radius 3 is 2.21 bits per heavy atom. The molecule has 1 unspecified atom stereocenters. The van der Waals surface area contributed by atoms with Crippen LogP contribution in [0.25, 0.3) is 0 Å². The first-order valence-corrected chi connectivity index (χ1v) is 7.66. The third kappa shape index (κ3) is 9.01. The molecule has 0 aliphatic carbocycles. The summed E-state index contributed by atoms with van der Waals surface area (Å²) in [5.74, 6) is 0. The zero-order valence-corrected chi connectivity index (χ0v) is 10.7. The maximum absolute atomic E-state index is 11.3. The van der Waals surface area contributed by atoms with Crippen molar-refractivity contribution in [1.29, 1.82) is 0 Å². The van der Waals surface area contributed by atoms with Crippen molar-refractivity contribution >= 4 is 18.2 Å². The van der Waals surface area contributed by atoms with E-state index in [1.807, 2.05) is 6.92 Å². The van der Waals surface area contributed by atoms with Gasteiger partial charge in [0.25, 0.3) is 0 Å². The van der Waals surface area contributed by atoms with Gasteiger partial charge in [0.05, 0.1) is 13.2 Å². The van der Waals surface area contributed by atoms with E-state index < -0.39 is 6.95 Å². The van der Waals surface area contributed by atoms with Crippen molar-refractivity contribution in [3.8, 4) is 0 Å². The Kier molecular flexibility index (Phi) is 9.00. The summed E-state index contributed by atoms with van der Waals surface area (Å²) in [6, 6.07) is 0. The van der Waals surface area contributed by atoms with Crippen molar-refractivity contribution in [1.82, 2.24) is 0 Å². The van der Waals surface area contributed by atoms with Crippen molar-refractivity contribution in [2.45, 2.75) is 46.0 Å². The molecule has 86 valence electrons. The van der Waals surface area contributed by atoms with E-state index >= 15 is 0 Å². The predicted octanol–water partition coefficient (Wildman–Crippen LogP) is 4.36. The molecule has 0 heterocycles. The lowest BCUT2D eigenvalue weighted by Crippen LogP contribution is -1.94. The molecule has 0 spiro atoms. The monoisotopic (exact) mass is 242 g/mol. The molecule has 0 aliphatic heterocycles. The van der Waals surface area contributed by atoms with Crippen LogP contribution in [0.2, 0.25) is 0 Å². The smallest absolute Gasteiger partial charge is 0.297 e. The average molecular weight is 243 g/mol. The Labute approximate surface area is 91.4 Å². The van der Waals surface area contributed by atoms with Crippen molar-refractivity contribution in [3.63, 3.8) is 0 Å². The molecule has 0 amide bonds. The lowest BCUT2D eigenvalue weighted by molar-refractivity contribution is 0.215. The first-order chi connectivity index (χ1) is 6.62. The molecule has 0 aromatic heterocycles. The molecule has 0 aromatic carbocycles. The van der Waals surface area contributed by atoms with E-state index in [4.69, 9.17) is 20.3 Å². The summed E-state index contributed by atoms with van der Waals surface area (Å²) in [6.45, 7) is 1.59. The fourth-order valence-corrected chi connectivity index (χ4v) is 2.18. The van der Waals surface area contributed by atoms with Gasteiger partial charge in [0.15, 0.2) is 0 Å². The van der Waals surface area contributed by atoms with Crippen molar-refractivity contribution in [2.75, 3.05) is 13.2 Å². The van der Waals surface area contributed by atoms with Crippen molar-refractivity contribution in [3.05, 3.63) is 0 Å². The highest BCUT2D eigenvalue weighted by Crippen LogP contribution is 2.53. The third-order valence-corrected chi connectivity index (χ3v) is 3.26. The largest absolute Gasteiger partial charge is 0.424 e. The second-order valence-electron chi connectivity index (χ2n) is 3.16. The Morgan fingerprint density at radius 2 is 1.64 bits per heavy atom. The highest BCUT2D eigenvalue weighted by molar-refractivity contribution is 7.81. The molecule has 0 rings (SSSR count). The minimum Gasteiger partial charge on any atom is -0.297 e. The fraction of sp³-hybridized carbons (Fsp3) is 1.00. The van der Waals surface area contributed by atoms with Gasteiger partial charge in [-0.15, -0.1) is 0 Å². The molecular formula is C9H20ClO3P. The summed E-state index contributed by atoms with van der Waals surface area (Å²) in [5.41, 5.74) is 0. The lowest BCUT2D eigenvalue weighted by atomic mass is 10.2. The SMILES string of the molecule is CCCCCCOP(=O)(Cl)OCCC. The van der Waals surface area contributed by atoms with Crippen LogP contribution < -0.4 is 0 Å². The van der Waals surface area contributed by atoms with Crippen LogP contribution in [-0.4, -0.2) is 13.2 Å². The van der Waals surface area contributed by atoms with Gasteiger partial charge in [0, 0.05) is 11.2 Å². The van der Waals surface area contributed by atoms with E-state index in [-0.39, 0.29) is 0 Å². The molecule has 1 atom stereocenters. The fourth-order valence-electron chi connectivity index (χ4n) is 0.940. The molecular weight excluding hydrogens is 223 g/mol. The second-order valence-corrected chi connectivity index (χ2v) is 5.78. The second kappa shape index (κ2) is 8.72. The minimum absolute atomic E-state index is 0.385. The summed E-state index contributed by atoms with van der Waals surface area (Å²) in [7, 11) is 0. The van der Waals surface area contributed by atoms with Gasteiger partial charge in [-0.2, -0.15) is 0 Å². The topological polar surface area (TPSA) is 35.5 Å². The van der Waals surface area contributed by atoms with Gasteiger partial charge in [-0.1, -0.05) is 33.1 Å².